The van der Waals surface area contributed by atoms with E-state index in [9.17, 15) is 0 Å². The molecular formula is C7H5NOS+. The molecule has 0 amide bonds. The highest BCUT2D eigenvalue weighted by Gasteiger charge is 2.14. The SMILES string of the molecule is C1=[N+]OC(c2cccs2)=C1. The molecule has 2 heterocycles. The minimum Gasteiger partial charge on any atom is -0.170 e. The first-order chi connectivity index (χ1) is 4.97. The molecule has 0 fully saturated rings. The Morgan fingerprint density at radius 3 is 3.10 bits per heavy atom. The van der Waals surface area contributed by atoms with Crippen molar-refractivity contribution in [1.82, 2.24) is 5.16 Å². The molecule has 1 radical (unpaired) electrons. The molecule has 49 valence electrons. The number of thiophene rings is 1. The summed E-state index contributed by atoms with van der Waals surface area (Å²) in [6.07, 6.45) is 3.50. The van der Waals surface area contributed by atoms with Gasteiger partial charge >= 0.3 is 6.21 Å². The number of oxime groups is 1. The smallest absolute Gasteiger partial charge is 0.170 e. The van der Waals surface area contributed by atoms with E-state index < -0.39 is 0 Å². The first-order valence-electron chi connectivity index (χ1n) is 2.91. The summed E-state index contributed by atoms with van der Waals surface area (Å²) in [7, 11) is 0. The van der Waals surface area contributed by atoms with Gasteiger partial charge in [0.1, 0.15) is 0 Å². The van der Waals surface area contributed by atoms with Crippen molar-refractivity contribution in [3.05, 3.63) is 28.5 Å². The zero-order chi connectivity index (χ0) is 6.81. The molecule has 2 nitrogen and oxygen atoms in total. The maximum atomic E-state index is 4.94. The van der Waals surface area contributed by atoms with Crippen LogP contribution in [0.2, 0.25) is 0 Å². The fourth-order valence-electron chi connectivity index (χ4n) is 0.762. The van der Waals surface area contributed by atoms with Crippen LogP contribution in [0.3, 0.4) is 0 Å². The van der Waals surface area contributed by atoms with Gasteiger partial charge in [0.15, 0.2) is 0 Å². The number of allylic oxidation sites excluding steroid dienone is 1. The summed E-state index contributed by atoms with van der Waals surface area (Å²) in [5.41, 5.74) is 0. The Hall–Kier alpha value is -1.09. The lowest BCUT2D eigenvalue weighted by Gasteiger charge is -1.84. The fraction of sp³-hybridized carbons (Fsp3) is 0. The molecule has 2 rings (SSSR count). The summed E-state index contributed by atoms with van der Waals surface area (Å²) in [6.45, 7) is 0. The minimum absolute atomic E-state index is 0.843. The second kappa shape index (κ2) is 2.27. The van der Waals surface area contributed by atoms with Crippen LogP contribution in [-0.2, 0) is 4.84 Å². The van der Waals surface area contributed by atoms with Gasteiger partial charge in [0, 0.05) is 0 Å². The zero-order valence-electron chi connectivity index (χ0n) is 5.15. The Morgan fingerprint density at radius 1 is 1.50 bits per heavy atom. The van der Waals surface area contributed by atoms with Gasteiger partial charge in [-0.3, -0.25) is 0 Å². The average Bonchev–Trinajstić information content (AvgIpc) is 2.59. The molecule has 0 atom stereocenters. The van der Waals surface area contributed by atoms with E-state index in [2.05, 4.69) is 5.16 Å². The van der Waals surface area contributed by atoms with Crippen molar-refractivity contribution < 1.29 is 4.84 Å². The van der Waals surface area contributed by atoms with Crippen LogP contribution in [0.1, 0.15) is 4.88 Å². The first-order valence-corrected chi connectivity index (χ1v) is 3.79. The van der Waals surface area contributed by atoms with Crippen LogP contribution in [0.5, 0.6) is 0 Å². The predicted octanol–water partition coefficient (Wildman–Crippen LogP) is 1.44. The van der Waals surface area contributed by atoms with Gasteiger partial charge in [0.05, 0.1) is 11.0 Å². The van der Waals surface area contributed by atoms with E-state index in [0.29, 0.717) is 0 Å². The maximum Gasteiger partial charge on any atom is 0.306 e. The summed E-state index contributed by atoms with van der Waals surface area (Å²) in [6, 6.07) is 3.99. The lowest BCUT2D eigenvalue weighted by Crippen LogP contribution is -1.82. The third-order valence-corrected chi connectivity index (χ3v) is 2.09. The molecule has 0 spiro atoms. The van der Waals surface area contributed by atoms with Crippen LogP contribution in [-0.4, -0.2) is 6.21 Å². The van der Waals surface area contributed by atoms with Gasteiger partial charge in [0.25, 0.3) is 5.16 Å². The van der Waals surface area contributed by atoms with Crippen LogP contribution in [0.4, 0.5) is 0 Å². The number of hydrogen-bond acceptors (Lipinski definition) is 3. The molecule has 1 aromatic rings. The van der Waals surface area contributed by atoms with Gasteiger partial charge < -0.3 is 0 Å². The van der Waals surface area contributed by atoms with Gasteiger partial charge in [-0.05, 0) is 11.4 Å². The van der Waals surface area contributed by atoms with Crippen molar-refractivity contribution >= 4 is 23.3 Å². The predicted molar refractivity (Wildman–Crippen MR) is 41.6 cm³/mol. The van der Waals surface area contributed by atoms with Gasteiger partial charge in [-0.15, -0.1) is 11.3 Å². The molecule has 10 heavy (non-hydrogen) atoms. The van der Waals surface area contributed by atoms with Gasteiger partial charge in [-0.1, -0.05) is 6.07 Å². The van der Waals surface area contributed by atoms with Crippen LogP contribution in [0.25, 0.3) is 5.76 Å². The molecule has 0 N–H and O–H groups in total. The van der Waals surface area contributed by atoms with Gasteiger partial charge in [0.2, 0.25) is 5.76 Å². The Morgan fingerprint density at radius 2 is 2.50 bits per heavy atom. The average molecular weight is 151 g/mol. The van der Waals surface area contributed by atoms with Crippen molar-refractivity contribution in [3.8, 4) is 0 Å². The molecule has 3 heteroatoms. The first kappa shape index (κ1) is 5.68. The third-order valence-electron chi connectivity index (χ3n) is 1.20. The fourth-order valence-corrected chi connectivity index (χ4v) is 1.44. The van der Waals surface area contributed by atoms with E-state index in [0.717, 1.165) is 10.6 Å². The molecule has 0 unspecified atom stereocenters. The van der Waals surface area contributed by atoms with Crippen molar-refractivity contribution in [2.45, 2.75) is 0 Å². The van der Waals surface area contributed by atoms with E-state index in [4.69, 9.17) is 4.84 Å². The molecule has 0 aromatic carbocycles. The number of nitrogens with zero attached hydrogens (tertiary/aromatic N) is 1. The molecule has 1 aliphatic heterocycles. The summed E-state index contributed by atoms with van der Waals surface area (Å²) in [5.74, 6) is 0.843. The highest BCUT2D eigenvalue weighted by atomic mass is 32.1. The second-order valence-electron chi connectivity index (χ2n) is 1.85. The van der Waals surface area contributed by atoms with Crippen LogP contribution in [0.15, 0.2) is 23.6 Å². The molecule has 0 saturated carbocycles. The summed E-state index contributed by atoms with van der Waals surface area (Å²) in [4.78, 5) is 6.06. The van der Waals surface area contributed by atoms with Crippen LogP contribution < -0.4 is 5.16 Å². The molecule has 1 aliphatic rings. The number of hydrogen-bond donors (Lipinski definition) is 0. The quantitative estimate of drug-likeness (QED) is 0.595. The maximum absolute atomic E-state index is 4.94. The molecule has 0 bridgehead atoms. The van der Waals surface area contributed by atoms with Crippen molar-refractivity contribution in [2.75, 3.05) is 0 Å². The minimum atomic E-state index is 0.843. The molecule has 1 aromatic heterocycles. The summed E-state index contributed by atoms with van der Waals surface area (Å²) >= 11 is 1.65. The molecular weight excluding hydrogens is 146 g/mol. The van der Waals surface area contributed by atoms with Gasteiger partial charge in [-0.2, -0.15) is 4.84 Å². The Kier molecular flexibility index (Phi) is 1.29. The monoisotopic (exact) mass is 151 g/mol. The lowest BCUT2D eigenvalue weighted by atomic mass is 10.4. The van der Waals surface area contributed by atoms with E-state index in [-0.39, 0.29) is 0 Å². The Labute approximate surface area is 62.4 Å². The lowest BCUT2D eigenvalue weighted by molar-refractivity contribution is 0.250. The van der Waals surface area contributed by atoms with E-state index in [1.807, 2.05) is 23.6 Å². The highest BCUT2D eigenvalue weighted by molar-refractivity contribution is 7.11. The van der Waals surface area contributed by atoms with Crippen molar-refractivity contribution in [1.29, 1.82) is 0 Å². The Bertz CT molecular complexity index is 274. The topological polar surface area (TPSA) is 23.3 Å². The molecule has 0 saturated heterocycles. The van der Waals surface area contributed by atoms with E-state index in [1.165, 1.54) is 0 Å². The summed E-state index contributed by atoms with van der Waals surface area (Å²) in [5, 5.41) is 5.62. The third kappa shape index (κ3) is 0.844. The largest absolute Gasteiger partial charge is 0.306 e. The number of rotatable bonds is 1. The van der Waals surface area contributed by atoms with Crippen LogP contribution >= 0.6 is 11.3 Å². The standard InChI is InChI=1S/C7H5NOS/c1-2-7(10-5-1)6-3-4-8-9-6/h1-5H/q+1. The van der Waals surface area contributed by atoms with Crippen LogP contribution in [0, 0.1) is 0 Å². The summed E-state index contributed by atoms with van der Waals surface area (Å²) < 4.78 is 0. The molecule has 0 aliphatic carbocycles. The normalized spacial score (nSPS) is 15.0. The second-order valence-corrected chi connectivity index (χ2v) is 2.80. The highest BCUT2D eigenvalue weighted by Crippen LogP contribution is 2.20. The van der Waals surface area contributed by atoms with Crippen molar-refractivity contribution in [2.24, 2.45) is 0 Å². The Balaban J connectivity index is 2.30. The zero-order valence-corrected chi connectivity index (χ0v) is 5.97. The van der Waals surface area contributed by atoms with Gasteiger partial charge in [-0.25, -0.2) is 0 Å². The van der Waals surface area contributed by atoms with E-state index >= 15 is 0 Å². The van der Waals surface area contributed by atoms with E-state index in [1.54, 1.807) is 17.6 Å². The van der Waals surface area contributed by atoms with Crippen molar-refractivity contribution in [3.63, 3.8) is 0 Å².